The number of carbonyl (C=O) groups excluding carboxylic acids is 2. The third-order valence-electron chi connectivity index (χ3n) is 5.85. The average Bonchev–Trinajstić information content (AvgIpc) is 2.82. The number of carbonyl (C=O) groups is 2. The van der Waals surface area contributed by atoms with Gasteiger partial charge in [0.1, 0.15) is 6.04 Å². The second-order valence-corrected chi connectivity index (χ2v) is 11.0. The molecule has 2 amide bonds. The predicted octanol–water partition coefficient (Wildman–Crippen LogP) is 4.61. The zero-order valence-electron chi connectivity index (χ0n) is 20.9. The van der Waals surface area contributed by atoms with Gasteiger partial charge in [-0.15, -0.1) is 0 Å². The second-order valence-electron chi connectivity index (χ2n) is 8.66. The highest BCUT2D eigenvalue weighted by molar-refractivity contribution is 7.92. The first-order valence-corrected chi connectivity index (χ1v) is 14.2. The zero-order valence-corrected chi connectivity index (χ0v) is 22.5. The minimum Gasteiger partial charge on any atom is -0.352 e. The molecule has 0 aliphatic rings. The number of anilines is 1. The standard InChI is InChI=1S/C26H36ClN3O4S/c1-5-20(3)28-26(32)24(6-2)29(19-21-11-8-7-9-12-21)25(31)13-10-18-30(35(4,33)34)23-16-14-22(27)15-17-23/h7-9,11-12,14-17,20,24H,5-6,10,13,18-19H2,1-4H3,(H,28,32)/t20-,24+/m1/s1. The molecule has 9 heteroatoms. The van der Waals surface area contributed by atoms with Gasteiger partial charge in [0, 0.05) is 30.6 Å². The van der Waals surface area contributed by atoms with Crippen LogP contribution in [0.3, 0.4) is 0 Å². The van der Waals surface area contributed by atoms with Crippen LogP contribution in [0, 0.1) is 0 Å². The summed E-state index contributed by atoms with van der Waals surface area (Å²) in [5, 5.41) is 3.50. The normalized spacial score (nSPS) is 13.1. The lowest BCUT2D eigenvalue weighted by atomic mass is 10.1. The molecule has 1 N–H and O–H groups in total. The van der Waals surface area contributed by atoms with Gasteiger partial charge in [0.05, 0.1) is 11.9 Å². The van der Waals surface area contributed by atoms with Gasteiger partial charge in [-0.25, -0.2) is 8.42 Å². The Morgan fingerprint density at radius 3 is 2.17 bits per heavy atom. The molecule has 0 saturated heterocycles. The molecule has 7 nitrogen and oxygen atoms in total. The molecule has 0 bridgehead atoms. The smallest absolute Gasteiger partial charge is 0.243 e. The maximum absolute atomic E-state index is 13.4. The summed E-state index contributed by atoms with van der Waals surface area (Å²) >= 11 is 5.94. The Labute approximate surface area is 214 Å². The predicted molar refractivity (Wildman–Crippen MR) is 142 cm³/mol. The molecule has 0 radical (unpaired) electrons. The lowest BCUT2D eigenvalue weighted by molar-refractivity contribution is -0.141. The van der Waals surface area contributed by atoms with Gasteiger partial charge >= 0.3 is 0 Å². The van der Waals surface area contributed by atoms with Crippen LogP contribution in [0.1, 0.15) is 52.0 Å². The van der Waals surface area contributed by atoms with Crippen LogP contribution in [-0.2, 0) is 26.2 Å². The van der Waals surface area contributed by atoms with Gasteiger partial charge in [-0.1, -0.05) is 55.8 Å². The molecule has 0 unspecified atom stereocenters. The van der Waals surface area contributed by atoms with Gasteiger partial charge in [-0.3, -0.25) is 13.9 Å². The molecular formula is C26H36ClN3O4S. The molecule has 0 aromatic heterocycles. The minimum atomic E-state index is -3.55. The third-order valence-corrected chi connectivity index (χ3v) is 7.30. The molecule has 2 atom stereocenters. The quantitative estimate of drug-likeness (QED) is 0.417. The Hall–Kier alpha value is -2.58. The van der Waals surface area contributed by atoms with Crippen molar-refractivity contribution in [2.75, 3.05) is 17.1 Å². The van der Waals surface area contributed by atoms with Crippen molar-refractivity contribution in [2.24, 2.45) is 0 Å². The maximum atomic E-state index is 13.4. The SMILES string of the molecule is CC[C@@H](C)NC(=O)[C@H](CC)N(Cc1ccccc1)C(=O)CCCN(c1ccc(Cl)cc1)S(C)(=O)=O. The van der Waals surface area contributed by atoms with Crippen molar-refractivity contribution in [3.63, 3.8) is 0 Å². The Bertz CT molecular complexity index is 1060. The van der Waals surface area contributed by atoms with Crippen LogP contribution in [0.4, 0.5) is 5.69 Å². The van der Waals surface area contributed by atoms with Gasteiger partial charge in [-0.05, 0) is 56.0 Å². The van der Waals surface area contributed by atoms with E-state index in [9.17, 15) is 18.0 Å². The topological polar surface area (TPSA) is 86.8 Å². The number of hydrogen-bond donors (Lipinski definition) is 1. The number of rotatable bonds is 13. The van der Waals surface area contributed by atoms with Gasteiger partial charge < -0.3 is 10.2 Å². The van der Waals surface area contributed by atoms with E-state index in [-0.39, 0.29) is 30.8 Å². The van der Waals surface area contributed by atoms with E-state index in [1.54, 1.807) is 29.2 Å². The van der Waals surface area contributed by atoms with E-state index in [0.29, 0.717) is 30.1 Å². The number of benzene rings is 2. The summed E-state index contributed by atoms with van der Waals surface area (Å²) in [6.45, 7) is 6.26. The number of nitrogens with zero attached hydrogens (tertiary/aromatic N) is 2. The molecule has 0 spiro atoms. The highest BCUT2D eigenvalue weighted by atomic mass is 35.5. The zero-order chi connectivity index (χ0) is 26.0. The first-order valence-electron chi connectivity index (χ1n) is 11.9. The van der Waals surface area contributed by atoms with Gasteiger partial charge in [0.2, 0.25) is 21.8 Å². The fourth-order valence-electron chi connectivity index (χ4n) is 3.75. The van der Waals surface area contributed by atoms with Crippen molar-refractivity contribution < 1.29 is 18.0 Å². The number of halogens is 1. The Morgan fingerprint density at radius 1 is 1.00 bits per heavy atom. The molecule has 2 aromatic rings. The first-order chi connectivity index (χ1) is 16.6. The van der Waals surface area contributed by atoms with Gasteiger partial charge in [0.15, 0.2) is 0 Å². The summed E-state index contributed by atoms with van der Waals surface area (Å²) in [6, 6.07) is 15.5. The van der Waals surface area contributed by atoms with Crippen LogP contribution in [0.25, 0.3) is 0 Å². The molecule has 0 saturated carbocycles. The van der Waals surface area contributed by atoms with Crippen LogP contribution in [0.5, 0.6) is 0 Å². The number of hydrogen-bond acceptors (Lipinski definition) is 4. The summed E-state index contributed by atoms with van der Waals surface area (Å²) in [6.07, 6.45) is 2.82. The van der Waals surface area contributed by atoms with Crippen molar-refractivity contribution in [3.05, 3.63) is 65.2 Å². The fraction of sp³-hybridized carbons (Fsp3) is 0.462. The van der Waals surface area contributed by atoms with E-state index in [2.05, 4.69) is 5.32 Å². The largest absolute Gasteiger partial charge is 0.352 e. The fourth-order valence-corrected chi connectivity index (χ4v) is 4.84. The van der Waals surface area contributed by atoms with Crippen LogP contribution in [0.2, 0.25) is 5.02 Å². The summed E-state index contributed by atoms with van der Waals surface area (Å²) < 4.78 is 26.0. The Kier molecular flexibility index (Phi) is 11.0. The van der Waals surface area contributed by atoms with Crippen molar-refractivity contribution in [3.8, 4) is 0 Å². The van der Waals surface area contributed by atoms with Gasteiger partial charge in [-0.2, -0.15) is 0 Å². The molecule has 2 aromatic carbocycles. The Balaban J connectivity index is 2.18. The summed E-state index contributed by atoms with van der Waals surface area (Å²) in [7, 11) is -3.55. The van der Waals surface area contributed by atoms with E-state index in [4.69, 9.17) is 11.6 Å². The average molecular weight is 522 g/mol. The van der Waals surface area contributed by atoms with E-state index in [0.717, 1.165) is 18.2 Å². The van der Waals surface area contributed by atoms with E-state index < -0.39 is 16.1 Å². The molecular weight excluding hydrogens is 486 g/mol. The number of sulfonamides is 1. The van der Waals surface area contributed by atoms with Crippen molar-refractivity contribution >= 4 is 39.1 Å². The Morgan fingerprint density at radius 2 is 1.63 bits per heavy atom. The molecule has 35 heavy (non-hydrogen) atoms. The third kappa shape index (κ3) is 8.85. The van der Waals surface area contributed by atoms with Crippen molar-refractivity contribution in [2.45, 2.75) is 65.1 Å². The molecule has 2 rings (SSSR count). The number of amides is 2. The molecule has 192 valence electrons. The molecule has 0 aliphatic heterocycles. The van der Waals surface area contributed by atoms with Crippen LogP contribution < -0.4 is 9.62 Å². The summed E-state index contributed by atoms with van der Waals surface area (Å²) in [5.41, 5.74) is 1.42. The maximum Gasteiger partial charge on any atom is 0.243 e. The van der Waals surface area contributed by atoms with Crippen LogP contribution in [-0.4, -0.2) is 50.0 Å². The minimum absolute atomic E-state index is 0.00734. The molecule has 0 aliphatic carbocycles. The highest BCUT2D eigenvalue weighted by Gasteiger charge is 2.29. The lowest BCUT2D eigenvalue weighted by Crippen LogP contribution is -2.50. The molecule has 0 heterocycles. The monoisotopic (exact) mass is 521 g/mol. The highest BCUT2D eigenvalue weighted by Crippen LogP contribution is 2.22. The molecule has 0 fully saturated rings. The first kappa shape index (κ1) is 28.7. The van der Waals surface area contributed by atoms with Crippen LogP contribution in [0.15, 0.2) is 54.6 Å². The summed E-state index contributed by atoms with van der Waals surface area (Å²) in [5.74, 6) is -0.366. The van der Waals surface area contributed by atoms with Crippen molar-refractivity contribution in [1.82, 2.24) is 10.2 Å². The van der Waals surface area contributed by atoms with E-state index >= 15 is 0 Å². The van der Waals surface area contributed by atoms with Gasteiger partial charge in [0.25, 0.3) is 0 Å². The summed E-state index contributed by atoms with van der Waals surface area (Å²) in [4.78, 5) is 28.0. The van der Waals surface area contributed by atoms with Crippen LogP contribution >= 0.6 is 11.6 Å². The van der Waals surface area contributed by atoms with E-state index in [1.807, 2.05) is 51.1 Å². The van der Waals surface area contributed by atoms with E-state index in [1.165, 1.54) is 4.31 Å². The lowest BCUT2D eigenvalue weighted by Gasteiger charge is -2.32. The number of nitrogens with one attached hydrogen (secondary N) is 1. The second kappa shape index (κ2) is 13.5. The van der Waals surface area contributed by atoms with Crippen molar-refractivity contribution in [1.29, 1.82) is 0 Å².